The van der Waals surface area contributed by atoms with E-state index in [1.54, 1.807) is 0 Å². The summed E-state index contributed by atoms with van der Waals surface area (Å²) in [5.41, 5.74) is 0. The normalized spacial score (nSPS) is 12.2. The monoisotopic (exact) mass is 969 g/mol. The number of allylic oxidation sites excluding steroid dienone is 6. The molecular formula is C63H116O6. The van der Waals surface area contributed by atoms with E-state index in [0.717, 1.165) is 70.6 Å². The lowest BCUT2D eigenvalue weighted by molar-refractivity contribution is -0.167. The summed E-state index contributed by atoms with van der Waals surface area (Å²) >= 11 is 0. The lowest BCUT2D eigenvalue weighted by atomic mass is 10.0. The van der Waals surface area contributed by atoms with Gasteiger partial charge >= 0.3 is 17.9 Å². The Hall–Kier alpha value is -2.37. The molecule has 0 aromatic carbocycles. The highest BCUT2D eigenvalue weighted by atomic mass is 16.6. The number of unbranched alkanes of at least 4 members (excludes halogenated alkanes) is 39. The number of hydrogen-bond acceptors (Lipinski definition) is 6. The standard InChI is InChI=1S/C63H116O6/c1-4-7-10-13-16-18-20-22-24-26-28-30-31-32-33-34-36-37-39-41-43-45-47-50-53-56-62(65)68-59-60(58-67-61(64)55-52-49-15-12-9-6-3)69-63(66)57-54-51-48-46-44-42-40-38-35-29-27-25-23-21-19-17-14-11-8-5-2/h20,22,26,28,31-32,60H,4-19,21,23-25,27,29-30,33-59H2,1-3H3/b22-20-,28-26-,32-31-. The molecule has 0 saturated heterocycles. The van der Waals surface area contributed by atoms with Crippen molar-refractivity contribution in [2.45, 2.75) is 335 Å². The minimum Gasteiger partial charge on any atom is -0.462 e. The number of carbonyl (C=O) groups excluding carboxylic acids is 3. The maximum atomic E-state index is 12.8. The Labute approximate surface area is 429 Å². The molecule has 404 valence electrons. The molecule has 0 N–H and O–H groups in total. The van der Waals surface area contributed by atoms with E-state index >= 15 is 0 Å². The van der Waals surface area contributed by atoms with Gasteiger partial charge in [0.2, 0.25) is 0 Å². The summed E-state index contributed by atoms with van der Waals surface area (Å²) in [5.74, 6) is -0.864. The molecule has 0 heterocycles. The molecule has 0 amide bonds. The molecule has 0 aliphatic heterocycles. The van der Waals surface area contributed by atoms with Gasteiger partial charge in [-0.15, -0.1) is 0 Å². The quantitative estimate of drug-likeness (QED) is 0.0261. The van der Waals surface area contributed by atoms with Crippen LogP contribution in [0.5, 0.6) is 0 Å². The smallest absolute Gasteiger partial charge is 0.306 e. The molecule has 0 radical (unpaired) electrons. The van der Waals surface area contributed by atoms with E-state index in [-0.39, 0.29) is 31.1 Å². The number of hydrogen-bond donors (Lipinski definition) is 0. The van der Waals surface area contributed by atoms with Gasteiger partial charge in [-0.3, -0.25) is 14.4 Å². The zero-order valence-electron chi connectivity index (χ0n) is 46.3. The topological polar surface area (TPSA) is 78.9 Å². The predicted octanol–water partition coefficient (Wildman–Crippen LogP) is 20.4. The average Bonchev–Trinajstić information content (AvgIpc) is 3.35. The largest absolute Gasteiger partial charge is 0.462 e. The van der Waals surface area contributed by atoms with Crippen LogP contribution in [0.4, 0.5) is 0 Å². The van der Waals surface area contributed by atoms with Crippen molar-refractivity contribution in [2.24, 2.45) is 0 Å². The first-order valence-corrected chi connectivity index (χ1v) is 30.5. The highest BCUT2D eigenvalue weighted by molar-refractivity contribution is 5.71. The zero-order chi connectivity index (χ0) is 50.0. The summed E-state index contributed by atoms with van der Waals surface area (Å²) in [6.45, 7) is 6.61. The molecule has 69 heavy (non-hydrogen) atoms. The van der Waals surface area contributed by atoms with Crippen LogP contribution in [0.25, 0.3) is 0 Å². The molecular weight excluding hydrogens is 853 g/mol. The molecule has 1 atom stereocenters. The van der Waals surface area contributed by atoms with Crippen molar-refractivity contribution in [3.05, 3.63) is 36.5 Å². The van der Waals surface area contributed by atoms with Gasteiger partial charge in [0.15, 0.2) is 6.10 Å². The Morgan fingerprint density at radius 2 is 0.522 bits per heavy atom. The Morgan fingerprint density at radius 1 is 0.290 bits per heavy atom. The summed E-state index contributed by atoms with van der Waals surface area (Å²) in [5, 5.41) is 0. The summed E-state index contributed by atoms with van der Waals surface area (Å²) in [6.07, 6.45) is 70.4. The predicted molar refractivity (Wildman–Crippen MR) is 298 cm³/mol. The van der Waals surface area contributed by atoms with E-state index in [4.69, 9.17) is 14.2 Å². The van der Waals surface area contributed by atoms with Gasteiger partial charge < -0.3 is 14.2 Å². The average molecular weight is 970 g/mol. The lowest BCUT2D eigenvalue weighted by Gasteiger charge is -2.18. The first kappa shape index (κ1) is 66.6. The molecule has 0 aliphatic rings. The van der Waals surface area contributed by atoms with Gasteiger partial charge in [-0.2, -0.15) is 0 Å². The van der Waals surface area contributed by atoms with Gasteiger partial charge in [-0.1, -0.05) is 288 Å². The first-order chi connectivity index (χ1) is 34.0. The van der Waals surface area contributed by atoms with E-state index in [0.29, 0.717) is 19.3 Å². The fraction of sp³-hybridized carbons (Fsp3) is 0.857. The molecule has 0 bridgehead atoms. The summed E-state index contributed by atoms with van der Waals surface area (Å²) in [6, 6.07) is 0. The summed E-state index contributed by atoms with van der Waals surface area (Å²) in [4.78, 5) is 37.9. The third-order valence-corrected chi connectivity index (χ3v) is 13.6. The van der Waals surface area contributed by atoms with E-state index in [1.165, 1.54) is 218 Å². The van der Waals surface area contributed by atoms with Crippen LogP contribution in [-0.4, -0.2) is 37.2 Å². The Bertz CT molecular complexity index is 1160. The van der Waals surface area contributed by atoms with Crippen molar-refractivity contribution in [1.29, 1.82) is 0 Å². The highest BCUT2D eigenvalue weighted by Crippen LogP contribution is 2.17. The lowest BCUT2D eigenvalue weighted by Crippen LogP contribution is -2.30. The van der Waals surface area contributed by atoms with Crippen molar-refractivity contribution in [3.8, 4) is 0 Å². The van der Waals surface area contributed by atoms with Crippen molar-refractivity contribution >= 4 is 17.9 Å². The maximum Gasteiger partial charge on any atom is 0.306 e. The number of carbonyl (C=O) groups is 3. The maximum absolute atomic E-state index is 12.8. The third-order valence-electron chi connectivity index (χ3n) is 13.6. The molecule has 1 unspecified atom stereocenters. The van der Waals surface area contributed by atoms with Crippen LogP contribution in [0.2, 0.25) is 0 Å². The fourth-order valence-corrected chi connectivity index (χ4v) is 9.04. The minimum atomic E-state index is -0.768. The Balaban J connectivity index is 4.08. The van der Waals surface area contributed by atoms with Gasteiger partial charge in [0, 0.05) is 19.3 Å². The number of ether oxygens (including phenoxy) is 3. The van der Waals surface area contributed by atoms with Crippen LogP contribution in [0.15, 0.2) is 36.5 Å². The SMILES string of the molecule is CCCCCCC/C=C\C/C=C\C/C=C\CCCCCCCCCCCCC(=O)OCC(COC(=O)CCCCCCCC)OC(=O)CCCCCCCCCCCCCCCCCCCCCC. The molecule has 0 aliphatic carbocycles. The second kappa shape index (κ2) is 58.2. The Kier molecular flexibility index (Phi) is 56.2. The fourth-order valence-electron chi connectivity index (χ4n) is 9.04. The number of rotatable bonds is 56. The van der Waals surface area contributed by atoms with Crippen molar-refractivity contribution in [2.75, 3.05) is 13.2 Å². The summed E-state index contributed by atoms with van der Waals surface area (Å²) < 4.78 is 16.8. The van der Waals surface area contributed by atoms with Gasteiger partial charge in [0.05, 0.1) is 0 Å². The van der Waals surface area contributed by atoms with Crippen molar-refractivity contribution < 1.29 is 28.6 Å². The van der Waals surface area contributed by atoms with E-state index in [9.17, 15) is 14.4 Å². The molecule has 0 fully saturated rings. The van der Waals surface area contributed by atoms with Crippen LogP contribution in [0, 0.1) is 0 Å². The molecule has 0 aromatic rings. The van der Waals surface area contributed by atoms with Crippen LogP contribution in [0.3, 0.4) is 0 Å². The molecule has 6 nitrogen and oxygen atoms in total. The van der Waals surface area contributed by atoms with Gasteiger partial charge in [0.1, 0.15) is 13.2 Å². The number of esters is 3. The van der Waals surface area contributed by atoms with E-state index in [2.05, 4.69) is 57.2 Å². The summed E-state index contributed by atoms with van der Waals surface area (Å²) in [7, 11) is 0. The van der Waals surface area contributed by atoms with Crippen LogP contribution < -0.4 is 0 Å². The molecule has 6 heteroatoms. The van der Waals surface area contributed by atoms with Crippen LogP contribution >= 0.6 is 0 Å². The molecule has 0 saturated carbocycles. The van der Waals surface area contributed by atoms with E-state index in [1.807, 2.05) is 0 Å². The second-order valence-corrected chi connectivity index (χ2v) is 20.6. The Morgan fingerprint density at radius 3 is 0.812 bits per heavy atom. The molecule has 0 spiro atoms. The third kappa shape index (κ3) is 56.4. The highest BCUT2D eigenvalue weighted by Gasteiger charge is 2.19. The second-order valence-electron chi connectivity index (χ2n) is 20.6. The van der Waals surface area contributed by atoms with Gasteiger partial charge in [-0.05, 0) is 57.8 Å². The van der Waals surface area contributed by atoms with Gasteiger partial charge in [-0.25, -0.2) is 0 Å². The first-order valence-electron chi connectivity index (χ1n) is 30.5. The van der Waals surface area contributed by atoms with Gasteiger partial charge in [0.25, 0.3) is 0 Å². The van der Waals surface area contributed by atoms with Crippen LogP contribution in [-0.2, 0) is 28.6 Å². The molecule has 0 rings (SSSR count). The minimum absolute atomic E-state index is 0.0698. The zero-order valence-corrected chi connectivity index (χ0v) is 46.3. The van der Waals surface area contributed by atoms with Crippen molar-refractivity contribution in [1.82, 2.24) is 0 Å². The van der Waals surface area contributed by atoms with E-state index < -0.39 is 6.10 Å². The van der Waals surface area contributed by atoms with Crippen LogP contribution in [0.1, 0.15) is 329 Å². The molecule has 0 aromatic heterocycles. The van der Waals surface area contributed by atoms with Crippen molar-refractivity contribution in [3.63, 3.8) is 0 Å².